The minimum atomic E-state index is -4.76. The molecular formula is C12H13F3N2O3S2. The first-order valence-electron chi connectivity index (χ1n) is 6.17. The van der Waals surface area contributed by atoms with E-state index in [-0.39, 0.29) is 16.3 Å². The van der Waals surface area contributed by atoms with E-state index >= 15 is 0 Å². The molecule has 0 aliphatic rings. The molecule has 1 aromatic heterocycles. The minimum absolute atomic E-state index is 0.00789. The lowest BCUT2D eigenvalue weighted by molar-refractivity contribution is -0.274. The van der Waals surface area contributed by atoms with Gasteiger partial charge in [-0.1, -0.05) is 11.3 Å². The Balaban J connectivity index is 2.26. The number of hydrogen-bond donors (Lipinski definition) is 1. The van der Waals surface area contributed by atoms with E-state index in [0.717, 1.165) is 17.6 Å². The van der Waals surface area contributed by atoms with Gasteiger partial charge in [0.1, 0.15) is 15.6 Å². The van der Waals surface area contributed by atoms with Crippen LogP contribution in [0, 0.1) is 5.41 Å². The Labute approximate surface area is 128 Å². The number of thiazole rings is 1. The predicted octanol–water partition coefficient (Wildman–Crippen LogP) is 2.52. The lowest BCUT2D eigenvalue weighted by Crippen LogP contribution is -2.17. The van der Waals surface area contributed by atoms with Gasteiger partial charge in [0.15, 0.2) is 4.80 Å². The number of aromatic nitrogens is 1. The van der Waals surface area contributed by atoms with Crippen LogP contribution in [0.5, 0.6) is 5.75 Å². The summed E-state index contributed by atoms with van der Waals surface area (Å²) in [6, 6.07) is 3.83. The second kappa shape index (κ2) is 5.92. The smallest absolute Gasteiger partial charge is 0.406 e. The van der Waals surface area contributed by atoms with E-state index in [0.29, 0.717) is 23.2 Å². The standard InChI is InChI=1S/C12H13F3N2O3S2/c1-22(18,19)6-2-5-17-9-4-3-8(20-12(13,14)15)7-10(9)21-11(17)16/h3-4,7,16H,2,5-6H2,1H3. The van der Waals surface area contributed by atoms with Gasteiger partial charge >= 0.3 is 6.36 Å². The van der Waals surface area contributed by atoms with E-state index in [9.17, 15) is 21.6 Å². The highest BCUT2D eigenvalue weighted by molar-refractivity contribution is 7.90. The average Bonchev–Trinajstić information content (AvgIpc) is 2.61. The molecule has 0 amide bonds. The van der Waals surface area contributed by atoms with Crippen LogP contribution in [0.25, 0.3) is 10.2 Å². The molecule has 0 bridgehead atoms. The molecule has 0 saturated carbocycles. The number of aryl methyl sites for hydroxylation is 1. The third-order valence-corrected chi connectivity index (χ3v) is 4.80. The third kappa shape index (κ3) is 4.47. The Kier molecular flexibility index (Phi) is 4.52. The molecular weight excluding hydrogens is 341 g/mol. The first-order valence-corrected chi connectivity index (χ1v) is 9.04. The van der Waals surface area contributed by atoms with Crippen LogP contribution in [0.1, 0.15) is 6.42 Å². The number of nitrogens with zero attached hydrogens (tertiary/aromatic N) is 1. The van der Waals surface area contributed by atoms with E-state index in [1.165, 1.54) is 18.2 Å². The number of sulfone groups is 1. The van der Waals surface area contributed by atoms with Gasteiger partial charge in [-0.15, -0.1) is 13.2 Å². The van der Waals surface area contributed by atoms with Gasteiger partial charge in [-0.25, -0.2) is 8.42 Å². The van der Waals surface area contributed by atoms with Gasteiger partial charge in [0.25, 0.3) is 0 Å². The molecule has 0 atom stereocenters. The summed E-state index contributed by atoms with van der Waals surface area (Å²) in [5, 5.41) is 7.85. The van der Waals surface area contributed by atoms with Crippen LogP contribution in [0.3, 0.4) is 0 Å². The van der Waals surface area contributed by atoms with Crippen LogP contribution < -0.4 is 9.54 Å². The summed E-state index contributed by atoms with van der Waals surface area (Å²) in [5.74, 6) is -0.351. The summed E-state index contributed by atoms with van der Waals surface area (Å²) in [6.07, 6.45) is -3.30. The number of rotatable bonds is 5. The van der Waals surface area contributed by atoms with Gasteiger partial charge in [-0.3, -0.25) is 5.41 Å². The second-order valence-electron chi connectivity index (χ2n) is 4.72. The fourth-order valence-electron chi connectivity index (χ4n) is 1.97. The lowest BCUT2D eigenvalue weighted by Gasteiger charge is -2.09. The number of halogens is 3. The quantitative estimate of drug-likeness (QED) is 0.897. The second-order valence-corrected chi connectivity index (χ2v) is 8.01. The van der Waals surface area contributed by atoms with Gasteiger partial charge < -0.3 is 9.30 Å². The van der Waals surface area contributed by atoms with E-state index < -0.39 is 16.2 Å². The highest BCUT2D eigenvalue weighted by Gasteiger charge is 2.31. The normalized spacial score (nSPS) is 12.7. The van der Waals surface area contributed by atoms with Crippen LogP contribution in [0.4, 0.5) is 13.2 Å². The zero-order valence-corrected chi connectivity index (χ0v) is 13.1. The van der Waals surface area contributed by atoms with Crippen molar-refractivity contribution in [2.45, 2.75) is 19.3 Å². The third-order valence-electron chi connectivity index (χ3n) is 2.80. The minimum Gasteiger partial charge on any atom is -0.406 e. The average molecular weight is 354 g/mol. The molecule has 0 aliphatic heterocycles. The number of alkyl halides is 3. The topological polar surface area (TPSA) is 72.2 Å². The van der Waals surface area contributed by atoms with Crippen molar-refractivity contribution >= 4 is 31.4 Å². The molecule has 1 aromatic carbocycles. The van der Waals surface area contributed by atoms with Crippen LogP contribution in [0.2, 0.25) is 0 Å². The summed E-state index contributed by atoms with van der Waals surface area (Å²) in [5.41, 5.74) is 0.582. The molecule has 1 heterocycles. The van der Waals surface area contributed by atoms with Crippen molar-refractivity contribution in [3.63, 3.8) is 0 Å². The Hall–Kier alpha value is -1.55. The molecule has 2 rings (SSSR count). The molecule has 0 saturated heterocycles. The van der Waals surface area contributed by atoms with Crippen molar-refractivity contribution in [2.24, 2.45) is 0 Å². The number of nitrogens with one attached hydrogen (secondary N) is 1. The molecule has 122 valence electrons. The summed E-state index contributed by atoms with van der Waals surface area (Å²) >= 11 is 1.01. The SMILES string of the molecule is CS(=O)(=O)CCCn1c(=N)sc2cc(OC(F)(F)F)ccc21. The van der Waals surface area contributed by atoms with E-state index in [1.54, 1.807) is 4.57 Å². The highest BCUT2D eigenvalue weighted by atomic mass is 32.2. The monoisotopic (exact) mass is 354 g/mol. The van der Waals surface area contributed by atoms with Gasteiger partial charge in [0, 0.05) is 12.8 Å². The molecule has 1 N–H and O–H groups in total. The predicted molar refractivity (Wildman–Crippen MR) is 76.7 cm³/mol. The molecule has 22 heavy (non-hydrogen) atoms. The Morgan fingerprint density at radius 1 is 1.36 bits per heavy atom. The van der Waals surface area contributed by atoms with Crippen molar-refractivity contribution in [3.05, 3.63) is 23.0 Å². The molecule has 0 spiro atoms. The first kappa shape index (κ1) is 16.8. The maximum absolute atomic E-state index is 12.2. The highest BCUT2D eigenvalue weighted by Crippen LogP contribution is 2.27. The molecule has 0 fully saturated rings. The van der Waals surface area contributed by atoms with Crippen molar-refractivity contribution in [3.8, 4) is 5.75 Å². The summed E-state index contributed by atoms with van der Waals surface area (Å²) < 4.78 is 64.7. The number of benzene rings is 1. The summed E-state index contributed by atoms with van der Waals surface area (Å²) in [4.78, 5) is 0.146. The summed E-state index contributed by atoms with van der Waals surface area (Å²) in [7, 11) is -3.09. The van der Waals surface area contributed by atoms with Crippen molar-refractivity contribution in [1.29, 1.82) is 5.41 Å². The van der Waals surface area contributed by atoms with E-state index in [4.69, 9.17) is 5.41 Å². The van der Waals surface area contributed by atoms with Crippen molar-refractivity contribution < 1.29 is 26.3 Å². The van der Waals surface area contributed by atoms with Gasteiger partial charge in [-0.2, -0.15) is 0 Å². The zero-order valence-electron chi connectivity index (χ0n) is 11.5. The zero-order chi connectivity index (χ0) is 16.5. The van der Waals surface area contributed by atoms with E-state index in [2.05, 4.69) is 4.74 Å². The Morgan fingerprint density at radius 3 is 2.64 bits per heavy atom. The molecule has 2 aromatic rings. The molecule has 10 heteroatoms. The van der Waals surface area contributed by atoms with Crippen LogP contribution in [0.15, 0.2) is 18.2 Å². The number of fused-ring (bicyclic) bond motifs is 1. The molecule has 0 unspecified atom stereocenters. The maximum Gasteiger partial charge on any atom is 0.573 e. The van der Waals surface area contributed by atoms with Crippen LogP contribution >= 0.6 is 11.3 Å². The van der Waals surface area contributed by atoms with Crippen molar-refractivity contribution in [1.82, 2.24) is 4.57 Å². The fourth-order valence-corrected chi connectivity index (χ4v) is 3.59. The van der Waals surface area contributed by atoms with E-state index in [1.807, 2.05) is 0 Å². The fraction of sp³-hybridized carbons (Fsp3) is 0.417. The maximum atomic E-state index is 12.2. The van der Waals surface area contributed by atoms with Gasteiger partial charge in [0.2, 0.25) is 0 Å². The summed E-state index contributed by atoms with van der Waals surface area (Å²) in [6.45, 7) is 0.311. The largest absolute Gasteiger partial charge is 0.573 e. The number of hydrogen-bond acceptors (Lipinski definition) is 5. The first-order chi connectivity index (χ1) is 10.1. The van der Waals surface area contributed by atoms with Crippen LogP contribution in [-0.2, 0) is 16.4 Å². The van der Waals surface area contributed by atoms with Crippen LogP contribution in [-0.4, -0.2) is 31.4 Å². The molecule has 0 aliphatic carbocycles. The van der Waals surface area contributed by atoms with Gasteiger partial charge in [0.05, 0.1) is 16.0 Å². The molecule has 5 nitrogen and oxygen atoms in total. The van der Waals surface area contributed by atoms with Crippen molar-refractivity contribution in [2.75, 3.05) is 12.0 Å². The van der Waals surface area contributed by atoms with Gasteiger partial charge in [-0.05, 0) is 24.6 Å². The molecule has 0 radical (unpaired) electrons. The Bertz CT molecular complexity index is 837. The lowest BCUT2D eigenvalue weighted by atomic mass is 10.3. The number of ether oxygens (including phenoxy) is 1. The Morgan fingerprint density at radius 2 is 2.05 bits per heavy atom.